The average Bonchev–Trinajstić information content (AvgIpc) is 2.89. The van der Waals surface area contributed by atoms with Crippen molar-refractivity contribution >= 4 is 52.4 Å². The SMILES string of the molecule is O=C(O)CCC(=O)O.O=C1CCc2ccc(OCCCCN3CCN(c4cccc(Cl)c4Cl)CC3)cc2N1. The van der Waals surface area contributed by atoms with Gasteiger partial charge in [0.1, 0.15) is 5.75 Å². The van der Waals surface area contributed by atoms with E-state index in [1.54, 1.807) is 0 Å². The summed E-state index contributed by atoms with van der Waals surface area (Å²) in [6.45, 7) is 5.71. The molecule has 9 nitrogen and oxygen atoms in total. The van der Waals surface area contributed by atoms with Crippen molar-refractivity contribution in [3.8, 4) is 5.75 Å². The summed E-state index contributed by atoms with van der Waals surface area (Å²) in [6, 6.07) is 11.8. The minimum absolute atomic E-state index is 0.0809. The molecule has 1 amide bonds. The lowest BCUT2D eigenvalue weighted by Crippen LogP contribution is -2.46. The number of hydrogen-bond donors (Lipinski definition) is 3. The summed E-state index contributed by atoms with van der Waals surface area (Å²) in [5, 5.41) is 20.0. The Morgan fingerprint density at radius 3 is 2.34 bits per heavy atom. The van der Waals surface area contributed by atoms with E-state index in [0.717, 1.165) is 69.1 Å². The molecule has 3 N–H and O–H groups in total. The van der Waals surface area contributed by atoms with E-state index in [-0.39, 0.29) is 18.7 Å². The summed E-state index contributed by atoms with van der Waals surface area (Å²) < 4.78 is 5.89. The standard InChI is InChI=1S/C23H27Cl2N3O2.C4H6O4/c24-19-4-3-5-21(23(19)25)28-13-11-27(12-14-28)10-1-2-15-30-18-8-6-17-7-9-22(29)26-20(17)16-18;5-3(6)1-2-4(7)8/h3-6,8,16H,1-2,7,9-15H2,(H,26,29);1-2H2,(H,5,6)(H,7,8). The van der Waals surface area contributed by atoms with Crippen LogP contribution in [0.15, 0.2) is 36.4 Å². The molecule has 38 heavy (non-hydrogen) atoms. The number of ether oxygens (including phenoxy) is 1. The second-order valence-corrected chi connectivity index (χ2v) is 9.90. The molecule has 206 valence electrons. The first-order valence-electron chi connectivity index (χ1n) is 12.6. The maximum Gasteiger partial charge on any atom is 0.303 e. The fourth-order valence-corrected chi connectivity index (χ4v) is 4.65. The summed E-state index contributed by atoms with van der Waals surface area (Å²) in [7, 11) is 0. The molecule has 11 heteroatoms. The molecular formula is C27H33Cl2N3O6. The molecule has 1 saturated heterocycles. The Morgan fingerprint density at radius 2 is 1.66 bits per heavy atom. The number of aliphatic carboxylic acids is 2. The number of carboxylic acid groups (broad SMARTS) is 2. The number of benzene rings is 2. The second-order valence-electron chi connectivity index (χ2n) is 9.11. The van der Waals surface area contributed by atoms with Crippen LogP contribution in [-0.2, 0) is 20.8 Å². The number of nitrogens with zero attached hydrogens (tertiary/aromatic N) is 2. The molecule has 0 atom stereocenters. The van der Waals surface area contributed by atoms with Gasteiger partial charge >= 0.3 is 11.9 Å². The summed E-state index contributed by atoms with van der Waals surface area (Å²) in [5.41, 5.74) is 3.10. The van der Waals surface area contributed by atoms with E-state index in [9.17, 15) is 14.4 Å². The molecule has 2 aromatic carbocycles. The summed E-state index contributed by atoms with van der Waals surface area (Å²) in [6.07, 6.45) is 2.87. The van der Waals surface area contributed by atoms with Crippen LogP contribution in [0.3, 0.4) is 0 Å². The summed E-state index contributed by atoms with van der Waals surface area (Å²) >= 11 is 12.5. The fraction of sp³-hybridized carbons (Fsp3) is 0.444. The molecule has 0 aliphatic carbocycles. The Balaban J connectivity index is 0.000000436. The fourth-order valence-electron chi connectivity index (χ4n) is 4.23. The minimum atomic E-state index is -1.08. The highest BCUT2D eigenvalue weighted by atomic mass is 35.5. The molecule has 0 spiro atoms. The van der Waals surface area contributed by atoms with Crippen LogP contribution in [0.1, 0.15) is 37.7 Å². The highest BCUT2D eigenvalue weighted by Crippen LogP contribution is 2.33. The van der Waals surface area contributed by atoms with Gasteiger partial charge in [0.2, 0.25) is 5.91 Å². The van der Waals surface area contributed by atoms with Gasteiger partial charge < -0.3 is 25.2 Å². The Kier molecular flexibility index (Phi) is 11.5. The molecule has 0 radical (unpaired) electrons. The molecule has 0 aromatic heterocycles. The van der Waals surface area contributed by atoms with Crippen molar-refractivity contribution < 1.29 is 29.3 Å². The molecule has 2 aromatic rings. The van der Waals surface area contributed by atoms with Crippen LogP contribution >= 0.6 is 23.2 Å². The molecule has 2 heterocycles. The van der Waals surface area contributed by atoms with Crippen LogP contribution in [-0.4, -0.2) is 72.3 Å². The molecular weight excluding hydrogens is 533 g/mol. The third-order valence-electron chi connectivity index (χ3n) is 6.31. The van der Waals surface area contributed by atoms with Gasteiger partial charge in [-0.15, -0.1) is 0 Å². The van der Waals surface area contributed by atoms with E-state index in [1.165, 1.54) is 5.56 Å². The molecule has 1 fully saturated rings. The van der Waals surface area contributed by atoms with Gasteiger partial charge in [-0.2, -0.15) is 0 Å². The number of hydrogen-bond acceptors (Lipinski definition) is 6. The van der Waals surface area contributed by atoms with Crippen LogP contribution in [0.2, 0.25) is 10.0 Å². The van der Waals surface area contributed by atoms with E-state index in [2.05, 4.69) is 21.2 Å². The Bertz CT molecular complexity index is 1110. The van der Waals surface area contributed by atoms with Crippen molar-refractivity contribution in [1.29, 1.82) is 0 Å². The molecule has 0 saturated carbocycles. The van der Waals surface area contributed by atoms with Gasteiger partial charge in [-0.05, 0) is 49.6 Å². The van der Waals surface area contributed by atoms with Gasteiger partial charge in [0.25, 0.3) is 0 Å². The van der Waals surface area contributed by atoms with E-state index in [1.807, 2.05) is 30.3 Å². The number of carbonyl (C=O) groups excluding carboxylic acids is 1. The number of fused-ring (bicyclic) bond motifs is 1. The number of rotatable bonds is 10. The quantitative estimate of drug-likeness (QED) is 0.351. The molecule has 2 aliphatic heterocycles. The van der Waals surface area contributed by atoms with Crippen molar-refractivity contribution in [2.24, 2.45) is 0 Å². The third-order valence-corrected chi connectivity index (χ3v) is 7.12. The lowest BCUT2D eigenvalue weighted by molar-refractivity contribution is -0.143. The highest BCUT2D eigenvalue weighted by Gasteiger charge is 2.19. The number of anilines is 2. The smallest absolute Gasteiger partial charge is 0.303 e. The molecule has 2 aliphatic rings. The van der Waals surface area contributed by atoms with Crippen LogP contribution in [0.4, 0.5) is 11.4 Å². The lowest BCUT2D eigenvalue weighted by Gasteiger charge is -2.36. The Morgan fingerprint density at radius 1 is 0.947 bits per heavy atom. The van der Waals surface area contributed by atoms with Crippen LogP contribution in [0.25, 0.3) is 0 Å². The van der Waals surface area contributed by atoms with Gasteiger partial charge in [-0.3, -0.25) is 19.3 Å². The van der Waals surface area contributed by atoms with Crippen molar-refractivity contribution in [3.05, 3.63) is 52.0 Å². The predicted molar refractivity (Wildman–Crippen MR) is 148 cm³/mol. The van der Waals surface area contributed by atoms with Gasteiger partial charge in [-0.1, -0.05) is 35.3 Å². The van der Waals surface area contributed by atoms with Crippen molar-refractivity contribution in [2.45, 2.75) is 38.5 Å². The topological polar surface area (TPSA) is 119 Å². The lowest BCUT2D eigenvalue weighted by atomic mass is 10.0. The van der Waals surface area contributed by atoms with Gasteiger partial charge in [0, 0.05) is 44.4 Å². The van der Waals surface area contributed by atoms with Crippen molar-refractivity contribution in [1.82, 2.24) is 4.90 Å². The summed E-state index contributed by atoms with van der Waals surface area (Å²) in [4.78, 5) is 35.6. The van der Waals surface area contributed by atoms with Gasteiger partial charge in [-0.25, -0.2) is 0 Å². The maximum absolute atomic E-state index is 11.5. The first-order valence-corrected chi connectivity index (χ1v) is 13.4. The van der Waals surface area contributed by atoms with Gasteiger partial charge in [0.15, 0.2) is 0 Å². The third kappa shape index (κ3) is 9.38. The molecule has 4 rings (SSSR count). The first-order chi connectivity index (χ1) is 18.2. The molecule has 0 unspecified atom stereocenters. The van der Waals surface area contributed by atoms with E-state index < -0.39 is 11.9 Å². The minimum Gasteiger partial charge on any atom is -0.494 e. The number of carbonyl (C=O) groups is 3. The van der Waals surface area contributed by atoms with E-state index >= 15 is 0 Å². The number of halogens is 2. The average molecular weight is 566 g/mol. The number of unbranched alkanes of at least 4 members (excludes halogenated alkanes) is 1. The largest absolute Gasteiger partial charge is 0.494 e. The van der Waals surface area contributed by atoms with E-state index in [0.29, 0.717) is 23.1 Å². The number of piperazine rings is 1. The maximum atomic E-state index is 11.5. The normalized spacial score (nSPS) is 15.1. The van der Waals surface area contributed by atoms with E-state index in [4.69, 9.17) is 38.2 Å². The number of nitrogens with one attached hydrogen (secondary N) is 1. The van der Waals surface area contributed by atoms with Crippen LogP contribution < -0.4 is 15.0 Å². The Labute approximate surface area is 232 Å². The predicted octanol–water partition coefficient (Wildman–Crippen LogP) is 4.80. The highest BCUT2D eigenvalue weighted by molar-refractivity contribution is 6.43. The number of amides is 1. The van der Waals surface area contributed by atoms with Crippen molar-refractivity contribution in [2.75, 3.05) is 49.5 Å². The second kappa shape index (κ2) is 14.8. The zero-order valence-corrected chi connectivity index (χ0v) is 22.6. The van der Waals surface area contributed by atoms with Gasteiger partial charge in [0.05, 0.1) is 35.2 Å². The zero-order valence-electron chi connectivity index (χ0n) is 21.1. The summed E-state index contributed by atoms with van der Waals surface area (Å²) in [5.74, 6) is -1.25. The van der Waals surface area contributed by atoms with Crippen LogP contribution in [0.5, 0.6) is 5.75 Å². The first kappa shape index (κ1) is 29.5. The number of aryl methyl sites for hydroxylation is 1. The number of carboxylic acids is 2. The van der Waals surface area contributed by atoms with Crippen molar-refractivity contribution in [3.63, 3.8) is 0 Å². The monoisotopic (exact) mass is 565 g/mol. The molecule has 0 bridgehead atoms. The van der Waals surface area contributed by atoms with Crippen LogP contribution in [0, 0.1) is 0 Å². The zero-order chi connectivity index (χ0) is 27.5. The Hall–Kier alpha value is -3.01.